The first-order chi connectivity index (χ1) is 17.8. The van der Waals surface area contributed by atoms with Gasteiger partial charge in [0.1, 0.15) is 5.69 Å². The Hall–Kier alpha value is -3.62. The first kappa shape index (κ1) is 25.0. The van der Waals surface area contributed by atoms with E-state index in [9.17, 15) is 14.4 Å². The summed E-state index contributed by atoms with van der Waals surface area (Å²) in [6.45, 7) is 1.13. The topological polar surface area (TPSA) is 67.6 Å². The predicted octanol–water partition coefficient (Wildman–Crippen LogP) is 4.98. The van der Waals surface area contributed by atoms with Crippen LogP contribution < -0.4 is 5.69 Å². The molecule has 2 heterocycles. The number of rotatable bonds is 5. The molecule has 0 bridgehead atoms. The lowest BCUT2D eigenvalue weighted by atomic mass is 10.1. The zero-order valence-corrected chi connectivity index (χ0v) is 22.4. The number of hydrogen-bond acceptors (Lipinski definition) is 3. The van der Waals surface area contributed by atoms with Gasteiger partial charge in [-0.15, -0.1) is 0 Å². The van der Waals surface area contributed by atoms with Crippen LogP contribution >= 0.6 is 27.5 Å². The minimum atomic E-state index is -0.295. The molecule has 9 heteroatoms. The van der Waals surface area contributed by atoms with Gasteiger partial charge in [0.2, 0.25) is 0 Å². The van der Waals surface area contributed by atoms with E-state index in [1.807, 2.05) is 48.5 Å². The average molecular weight is 580 g/mol. The van der Waals surface area contributed by atoms with Crippen LogP contribution in [-0.2, 0) is 19.6 Å². The molecule has 0 N–H and O–H groups in total. The molecule has 0 aliphatic carbocycles. The Bertz CT molecular complexity index is 1530. The summed E-state index contributed by atoms with van der Waals surface area (Å²) in [4.78, 5) is 44.1. The minimum absolute atomic E-state index is 0.127. The van der Waals surface area contributed by atoms with E-state index in [1.54, 1.807) is 51.7 Å². The summed E-state index contributed by atoms with van der Waals surface area (Å²) in [5.41, 5.74) is 2.51. The Labute approximate surface area is 227 Å². The summed E-state index contributed by atoms with van der Waals surface area (Å²) in [5.74, 6) is -0.504. The SMILES string of the molecule is CN(Cc1ccccc1)C(=O)c1c2n(c(=O)n1-c1ccccc1)CCN(C(=O)c1ccc(Br)c(Cl)c1)C2. The number of benzene rings is 3. The number of carbonyl (C=O) groups is 2. The van der Waals surface area contributed by atoms with Gasteiger partial charge in [0.05, 0.1) is 22.9 Å². The van der Waals surface area contributed by atoms with Crippen LogP contribution in [0.5, 0.6) is 0 Å². The van der Waals surface area contributed by atoms with Crippen molar-refractivity contribution in [2.75, 3.05) is 13.6 Å². The van der Waals surface area contributed by atoms with Crippen LogP contribution in [-0.4, -0.2) is 44.3 Å². The second-order valence-corrected chi connectivity index (χ2v) is 10.2. The maximum absolute atomic E-state index is 13.9. The van der Waals surface area contributed by atoms with E-state index in [-0.39, 0.29) is 36.3 Å². The Kier molecular flexibility index (Phi) is 7.04. The molecule has 2 amide bonds. The molecule has 7 nitrogen and oxygen atoms in total. The van der Waals surface area contributed by atoms with Gasteiger partial charge in [-0.3, -0.25) is 18.7 Å². The number of carbonyl (C=O) groups excluding carboxylic acids is 2. The van der Waals surface area contributed by atoms with E-state index >= 15 is 0 Å². The summed E-state index contributed by atoms with van der Waals surface area (Å²) >= 11 is 9.57. The lowest BCUT2D eigenvalue weighted by Crippen LogP contribution is -2.41. The molecule has 5 rings (SSSR count). The van der Waals surface area contributed by atoms with Gasteiger partial charge in [0, 0.05) is 36.7 Å². The quantitative estimate of drug-likeness (QED) is 0.335. The lowest BCUT2D eigenvalue weighted by molar-refractivity contribution is 0.0697. The van der Waals surface area contributed by atoms with Gasteiger partial charge < -0.3 is 9.80 Å². The number of imidazole rings is 1. The molecule has 37 heavy (non-hydrogen) atoms. The van der Waals surface area contributed by atoms with Crippen molar-refractivity contribution in [2.24, 2.45) is 0 Å². The summed E-state index contributed by atoms with van der Waals surface area (Å²) in [6.07, 6.45) is 0. The maximum Gasteiger partial charge on any atom is 0.333 e. The number of halogens is 2. The number of para-hydroxylation sites is 1. The van der Waals surface area contributed by atoms with Gasteiger partial charge in [-0.25, -0.2) is 4.79 Å². The Morgan fingerprint density at radius 2 is 1.65 bits per heavy atom. The van der Waals surface area contributed by atoms with Crippen molar-refractivity contribution in [3.63, 3.8) is 0 Å². The maximum atomic E-state index is 13.9. The summed E-state index contributed by atoms with van der Waals surface area (Å²) in [7, 11) is 1.72. The van der Waals surface area contributed by atoms with E-state index in [1.165, 1.54) is 4.57 Å². The van der Waals surface area contributed by atoms with Crippen LogP contribution in [0.4, 0.5) is 0 Å². The number of fused-ring (bicyclic) bond motifs is 1. The predicted molar refractivity (Wildman–Crippen MR) is 146 cm³/mol. The number of amides is 2. The van der Waals surface area contributed by atoms with Crippen molar-refractivity contribution in [3.05, 3.63) is 121 Å². The highest BCUT2D eigenvalue weighted by atomic mass is 79.9. The fourth-order valence-electron chi connectivity index (χ4n) is 4.59. The van der Waals surface area contributed by atoms with E-state index < -0.39 is 0 Å². The third kappa shape index (κ3) is 4.86. The lowest BCUT2D eigenvalue weighted by Gasteiger charge is -2.29. The van der Waals surface area contributed by atoms with Gasteiger partial charge in [-0.05, 0) is 51.8 Å². The van der Waals surface area contributed by atoms with Crippen LogP contribution in [0.2, 0.25) is 5.02 Å². The van der Waals surface area contributed by atoms with Crippen molar-refractivity contribution in [2.45, 2.75) is 19.6 Å². The normalized spacial score (nSPS) is 12.8. The first-order valence-electron chi connectivity index (χ1n) is 11.8. The molecule has 0 fully saturated rings. The smallest absolute Gasteiger partial charge is 0.333 e. The van der Waals surface area contributed by atoms with Crippen LogP contribution in [0.1, 0.15) is 32.1 Å². The first-order valence-corrected chi connectivity index (χ1v) is 13.0. The van der Waals surface area contributed by atoms with E-state index in [0.717, 1.165) is 5.56 Å². The largest absolute Gasteiger partial charge is 0.336 e. The summed E-state index contributed by atoms with van der Waals surface area (Å²) in [5, 5.41) is 0.438. The highest BCUT2D eigenvalue weighted by molar-refractivity contribution is 9.10. The van der Waals surface area contributed by atoms with E-state index in [2.05, 4.69) is 15.9 Å². The molecular formula is C28H24BrClN4O3. The van der Waals surface area contributed by atoms with Crippen molar-refractivity contribution in [1.29, 1.82) is 0 Å². The molecule has 188 valence electrons. The molecule has 1 aliphatic rings. The molecule has 0 spiro atoms. The van der Waals surface area contributed by atoms with Crippen LogP contribution in [0.3, 0.4) is 0 Å². The number of aromatic nitrogens is 2. The molecule has 4 aromatic rings. The molecule has 1 aromatic heterocycles. The highest BCUT2D eigenvalue weighted by Crippen LogP contribution is 2.26. The van der Waals surface area contributed by atoms with E-state index in [4.69, 9.17) is 11.6 Å². The average Bonchev–Trinajstić information content (AvgIpc) is 3.21. The van der Waals surface area contributed by atoms with Crippen LogP contribution in [0.25, 0.3) is 5.69 Å². The van der Waals surface area contributed by atoms with Gasteiger partial charge in [0.15, 0.2) is 0 Å². The second kappa shape index (κ2) is 10.4. The fraction of sp³-hybridized carbons (Fsp3) is 0.179. The Morgan fingerprint density at radius 1 is 0.973 bits per heavy atom. The van der Waals surface area contributed by atoms with Crippen molar-refractivity contribution in [3.8, 4) is 5.69 Å². The third-order valence-electron chi connectivity index (χ3n) is 6.46. The van der Waals surface area contributed by atoms with Crippen molar-refractivity contribution >= 4 is 39.3 Å². The summed E-state index contributed by atoms with van der Waals surface area (Å²) < 4.78 is 3.77. The Balaban J connectivity index is 1.56. The number of hydrogen-bond donors (Lipinski definition) is 0. The fourth-order valence-corrected chi connectivity index (χ4v) is 5.02. The third-order valence-corrected chi connectivity index (χ3v) is 7.69. The molecule has 0 atom stereocenters. The van der Waals surface area contributed by atoms with Crippen molar-refractivity contribution in [1.82, 2.24) is 18.9 Å². The zero-order chi connectivity index (χ0) is 26.1. The van der Waals surface area contributed by atoms with Crippen LogP contribution in [0.15, 0.2) is 88.1 Å². The zero-order valence-electron chi connectivity index (χ0n) is 20.1. The molecule has 0 saturated heterocycles. The summed E-state index contributed by atoms with van der Waals surface area (Å²) in [6, 6.07) is 23.8. The molecule has 1 aliphatic heterocycles. The molecule has 0 radical (unpaired) electrons. The highest BCUT2D eigenvalue weighted by Gasteiger charge is 2.33. The molecule has 0 saturated carbocycles. The van der Waals surface area contributed by atoms with E-state index in [0.29, 0.717) is 39.5 Å². The van der Waals surface area contributed by atoms with Gasteiger partial charge >= 0.3 is 5.69 Å². The van der Waals surface area contributed by atoms with Gasteiger partial charge in [-0.2, -0.15) is 0 Å². The molecular weight excluding hydrogens is 556 g/mol. The minimum Gasteiger partial charge on any atom is -0.336 e. The van der Waals surface area contributed by atoms with Gasteiger partial charge in [0.25, 0.3) is 11.8 Å². The standard InChI is InChI=1S/C28H24BrClN4O3/c1-31(17-19-8-4-2-5-9-19)27(36)25-24-18-32(26(35)20-12-13-22(29)23(30)16-20)14-15-33(24)28(37)34(25)21-10-6-3-7-11-21/h2-13,16H,14-15,17-18H2,1H3. The second-order valence-electron chi connectivity index (χ2n) is 8.90. The van der Waals surface area contributed by atoms with Crippen LogP contribution in [0, 0.1) is 0 Å². The Morgan fingerprint density at radius 3 is 2.32 bits per heavy atom. The monoisotopic (exact) mass is 578 g/mol. The number of nitrogens with zero attached hydrogens (tertiary/aromatic N) is 4. The van der Waals surface area contributed by atoms with Crippen molar-refractivity contribution < 1.29 is 9.59 Å². The van der Waals surface area contributed by atoms with Gasteiger partial charge in [-0.1, -0.05) is 60.1 Å². The molecule has 0 unspecified atom stereocenters. The molecule has 3 aromatic carbocycles.